The number of phosphoric acid groups is 1. The molecular weight excluding hydrogens is 269 g/mol. The molecule has 3 atom stereocenters. The molecule has 5 nitrogen and oxygen atoms in total. The second-order valence-electron chi connectivity index (χ2n) is 4.06. The summed E-state index contributed by atoms with van der Waals surface area (Å²) < 4.78 is 51.5. The third kappa shape index (κ3) is 3.59. The Labute approximate surface area is 104 Å². The van der Waals surface area contributed by atoms with Gasteiger partial charge in [-0.1, -0.05) is 6.08 Å². The molecule has 0 aromatic heterocycles. The Hall–Kier alpha value is -0.330. The first-order chi connectivity index (χ1) is 8.29. The summed E-state index contributed by atoms with van der Waals surface area (Å²) in [5.41, 5.74) is 0. The molecule has 106 valence electrons. The van der Waals surface area contributed by atoms with Crippen molar-refractivity contribution in [2.45, 2.75) is 25.1 Å². The van der Waals surface area contributed by atoms with Gasteiger partial charge in [0, 0.05) is 14.2 Å². The van der Waals surface area contributed by atoms with Gasteiger partial charge in [0.15, 0.2) is 0 Å². The second kappa shape index (κ2) is 5.75. The van der Waals surface area contributed by atoms with Gasteiger partial charge < -0.3 is 5.11 Å². The lowest BCUT2D eigenvalue weighted by Gasteiger charge is -2.21. The van der Waals surface area contributed by atoms with Crippen LogP contribution in [-0.2, 0) is 18.1 Å². The highest BCUT2D eigenvalue weighted by molar-refractivity contribution is 7.48. The van der Waals surface area contributed by atoms with Crippen molar-refractivity contribution in [2.75, 3.05) is 14.2 Å². The highest BCUT2D eigenvalue weighted by Crippen LogP contribution is 2.60. The second-order valence-corrected chi connectivity index (χ2v) is 5.87. The fourth-order valence-electron chi connectivity index (χ4n) is 1.74. The van der Waals surface area contributed by atoms with Crippen LogP contribution in [0.4, 0.5) is 8.78 Å². The number of aliphatic hydroxyl groups excluding tert-OH is 1. The van der Waals surface area contributed by atoms with E-state index in [0.717, 1.165) is 14.2 Å². The molecule has 0 saturated heterocycles. The van der Waals surface area contributed by atoms with Crippen molar-refractivity contribution in [3.63, 3.8) is 0 Å². The molecule has 0 aromatic carbocycles. The molecule has 0 heterocycles. The molecule has 0 bridgehead atoms. The van der Waals surface area contributed by atoms with Crippen LogP contribution < -0.4 is 0 Å². The van der Waals surface area contributed by atoms with E-state index >= 15 is 0 Å². The average molecular weight is 286 g/mol. The van der Waals surface area contributed by atoms with Crippen LogP contribution >= 0.6 is 7.82 Å². The van der Waals surface area contributed by atoms with Gasteiger partial charge in [0.2, 0.25) is 0 Å². The Morgan fingerprint density at radius 3 is 2.56 bits per heavy atom. The normalized spacial score (nSPS) is 25.8. The zero-order valence-corrected chi connectivity index (χ0v) is 11.1. The van der Waals surface area contributed by atoms with Crippen molar-refractivity contribution in [1.29, 1.82) is 0 Å². The van der Waals surface area contributed by atoms with Crippen LogP contribution in [0.3, 0.4) is 0 Å². The molecule has 1 aliphatic rings. The Morgan fingerprint density at radius 2 is 2.11 bits per heavy atom. The van der Waals surface area contributed by atoms with Crippen molar-refractivity contribution < 1.29 is 32.0 Å². The third-order valence-corrected chi connectivity index (χ3v) is 4.22. The summed E-state index contributed by atoms with van der Waals surface area (Å²) in [6.45, 7) is 3.42. The Kier molecular flexibility index (Phi) is 5.03. The van der Waals surface area contributed by atoms with E-state index in [9.17, 15) is 18.5 Å². The highest BCUT2D eigenvalue weighted by Gasteiger charge is 2.60. The van der Waals surface area contributed by atoms with Crippen LogP contribution in [0.15, 0.2) is 12.7 Å². The predicted octanol–water partition coefficient (Wildman–Crippen LogP) is 2.57. The zero-order valence-electron chi connectivity index (χ0n) is 10.2. The van der Waals surface area contributed by atoms with Crippen LogP contribution in [0, 0.1) is 11.8 Å². The molecule has 1 rings (SSSR count). The summed E-state index contributed by atoms with van der Waals surface area (Å²) in [6.07, 6.45) is -2.78. The molecule has 0 unspecified atom stereocenters. The number of halogens is 2. The number of alkyl halides is 2. The van der Waals surface area contributed by atoms with Gasteiger partial charge in [0.05, 0.1) is 12.0 Å². The largest absolute Gasteiger partial charge is 0.479 e. The first-order valence-corrected chi connectivity index (χ1v) is 6.84. The van der Waals surface area contributed by atoms with Gasteiger partial charge in [0.1, 0.15) is 0 Å². The van der Waals surface area contributed by atoms with Gasteiger partial charge >= 0.3 is 13.9 Å². The molecule has 0 radical (unpaired) electrons. The van der Waals surface area contributed by atoms with Gasteiger partial charge in [0.25, 0.3) is 0 Å². The molecule has 1 aliphatic carbocycles. The van der Waals surface area contributed by atoms with E-state index in [1.165, 1.54) is 6.08 Å². The minimum absolute atomic E-state index is 0.0927. The molecule has 0 amide bonds. The molecule has 0 aliphatic heterocycles. The SMILES string of the molecule is C=CC[C@@H](O)[C@@H]1C[C@H]1C(F)(F)OP(=O)(OC)OC. The minimum Gasteiger partial charge on any atom is -0.393 e. The van der Waals surface area contributed by atoms with Gasteiger partial charge in [-0.25, -0.2) is 9.09 Å². The lowest BCUT2D eigenvalue weighted by molar-refractivity contribution is -0.209. The maximum absolute atomic E-state index is 13.6. The van der Waals surface area contributed by atoms with Gasteiger partial charge in [-0.3, -0.25) is 9.05 Å². The molecule has 1 N–H and O–H groups in total. The van der Waals surface area contributed by atoms with E-state index in [-0.39, 0.29) is 12.8 Å². The maximum Gasteiger partial charge on any atom is 0.479 e. The topological polar surface area (TPSA) is 65.0 Å². The molecule has 0 spiro atoms. The fraction of sp³-hybridized carbons (Fsp3) is 0.800. The standard InChI is InChI=1S/C10H17F2O5P/c1-4-5-9(13)7-6-8(7)10(11,12)17-18(14,15-2)16-3/h4,7-9,13H,1,5-6H2,2-3H3/t7-,8-,9-/m1/s1. The van der Waals surface area contributed by atoms with Gasteiger partial charge in [-0.05, 0) is 18.8 Å². The Balaban J connectivity index is 2.61. The number of phosphoric ester groups is 1. The van der Waals surface area contributed by atoms with Gasteiger partial charge in [-0.15, -0.1) is 6.58 Å². The van der Waals surface area contributed by atoms with E-state index in [4.69, 9.17) is 0 Å². The monoisotopic (exact) mass is 286 g/mol. The Bertz CT molecular complexity index is 341. The number of rotatable bonds is 8. The summed E-state index contributed by atoms with van der Waals surface area (Å²) >= 11 is 0. The van der Waals surface area contributed by atoms with E-state index in [1.54, 1.807) is 0 Å². The summed E-state index contributed by atoms with van der Waals surface area (Å²) in [7, 11) is -2.33. The summed E-state index contributed by atoms with van der Waals surface area (Å²) in [5.74, 6) is -1.79. The molecule has 8 heteroatoms. The van der Waals surface area contributed by atoms with Crippen LogP contribution in [0.1, 0.15) is 12.8 Å². The van der Waals surface area contributed by atoms with E-state index in [2.05, 4.69) is 20.2 Å². The molecule has 1 saturated carbocycles. The van der Waals surface area contributed by atoms with Crippen molar-refractivity contribution in [2.24, 2.45) is 11.8 Å². The van der Waals surface area contributed by atoms with E-state index in [0.29, 0.717) is 0 Å². The number of hydrogen-bond acceptors (Lipinski definition) is 5. The van der Waals surface area contributed by atoms with Crippen LogP contribution in [-0.4, -0.2) is 31.5 Å². The predicted molar refractivity (Wildman–Crippen MR) is 60.1 cm³/mol. The lowest BCUT2D eigenvalue weighted by atomic mass is 10.1. The molecular formula is C10H17F2O5P. The quantitative estimate of drug-likeness (QED) is 0.549. The van der Waals surface area contributed by atoms with Crippen LogP contribution in [0.2, 0.25) is 0 Å². The van der Waals surface area contributed by atoms with Crippen molar-refractivity contribution in [3.05, 3.63) is 12.7 Å². The fourth-order valence-corrected chi connectivity index (χ4v) is 2.47. The Morgan fingerprint density at radius 1 is 1.56 bits per heavy atom. The van der Waals surface area contributed by atoms with Crippen molar-refractivity contribution >= 4 is 7.82 Å². The number of hydrogen-bond donors (Lipinski definition) is 1. The first-order valence-electron chi connectivity index (χ1n) is 5.38. The highest BCUT2D eigenvalue weighted by atomic mass is 31.2. The third-order valence-electron chi connectivity index (χ3n) is 2.85. The van der Waals surface area contributed by atoms with Crippen molar-refractivity contribution in [1.82, 2.24) is 0 Å². The van der Waals surface area contributed by atoms with E-state index in [1.807, 2.05) is 0 Å². The first kappa shape index (κ1) is 15.7. The summed E-state index contributed by atoms with van der Waals surface area (Å²) in [6, 6.07) is 0. The summed E-state index contributed by atoms with van der Waals surface area (Å²) in [5, 5.41) is 9.54. The van der Waals surface area contributed by atoms with Crippen LogP contribution in [0.25, 0.3) is 0 Å². The van der Waals surface area contributed by atoms with Crippen LogP contribution in [0.5, 0.6) is 0 Å². The average Bonchev–Trinajstić information content (AvgIpc) is 3.09. The minimum atomic E-state index is -4.24. The smallest absolute Gasteiger partial charge is 0.393 e. The van der Waals surface area contributed by atoms with E-state index < -0.39 is 31.9 Å². The zero-order chi connectivity index (χ0) is 14.0. The molecule has 0 aromatic rings. The molecule has 18 heavy (non-hydrogen) atoms. The number of aliphatic hydroxyl groups is 1. The maximum atomic E-state index is 13.6. The lowest BCUT2D eigenvalue weighted by Crippen LogP contribution is -2.26. The van der Waals surface area contributed by atoms with Crippen molar-refractivity contribution in [3.8, 4) is 0 Å². The summed E-state index contributed by atoms with van der Waals surface area (Å²) in [4.78, 5) is 0. The molecule has 1 fully saturated rings. The van der Waals surface area contributed by atoms with Gasteiger partial charge in [-0.2, -0.15) is 8.78 Å².